The van der Waals surface area contributed by atoms with Gasteiger partial charge in [-0.3, -0.25) is 14.3 Å². The Morgan fingerprint density at radius 1 is 0.809 bits per heavy atom. The van der Waals surface area contributed by atoms with Crippen LogP contribution in [0, 0.1) is 0 Å². The molecule has 0 radical (unpaired) electrons. The van der Waals surface area contributed by atoms with Crippen molar-refractivity contribution < 1.29 is 27.5 Å². The van der Waals surface area contributed by atoms with Crippen LogP contribution in [0.5, 0.6) is 0 Å². The van der Waals surface area contributed by atoms with E-state index in [1.165, 1.54) is 18.2 Å². The third-order valence-corrected chi connectivity index (χ3v) is 9.18. The molecule has 0 saturated carbocycles. The molecule has 5 rings (SSSR count). The third-order valence-electron chi connectivity index (χ3n) is 7.40. The smallest absolute Gasteiger partial charge is 0.410 e. The molecule has 1 heterocycles. The van der Waals surface area contributed by atoms with Crippen molar-refractivity contribution in [2.24, 2.45) is 0 Å². The highest BCUT2D eigenvalue weighted by Crippen LogP contribution is 2.30. The number of piperazine rings is 1. The van der Waals surface area contributed by atoms with Crippen LogP contribution in [-0.2, 0) is 21.3 Å². The summed E-state index contributed by atoms with van der Waals surface area (Å²) < 4.78 is 34.3. The maximum Gasteiger partial charge on any atom is 0.410 e. The average molecular weight is 698 g/mol. The summed E-state index contributed by atoms with van der Waals surface area (Å²) in [5, 5.41) is 4.34. The number of carbonyl (C=O) groups excluding carboxylic acids is 3. The number of fused-ring (bicyclic) bond motifs is 1. The van der Waals surface area contributed by atoms with E-state index in [0.717, 1.165) is 5.56 Å². The van der Waals surface area contributed by atoms with Crippen LogP contribution in [-0.4, -0.2) is 67.9 Å². The zero-order valence-corrected chi connectivity index (χ0v) is 28.4. The molecule has 13 heteroatoms. The number of anilines is 1. The number of benzene rings is 4. The molecule has 246 valence electrons. The maximum atomic E-state index is 13.4. The number of hydrogen-bond donors (Lipinski definition) is 2. The lowest BCUT2D eigenvalue weighted by Crippen LogP contribution is -2.51. The van der Waals surface area contributed by atoms with Crippen LogP contribution in [0.3, 0.4) is 0 Å². The quantitative estimate of drug-likeness (QED) is 0.225. The van der Waals surface area contributed by atoms with Gasteiger partial charge >= 0.3 is 6.09 Å². The Morgan fingerprint density at radius 2 is 1.43 bits per heavy atom. The van der Waals surface area contributed by atoms with Gasteiger partial charge in [0.25, 0.3) is 21.8 Å². The summed E-state index contributed by atoms with van der Waals surface area (Å²) in [5.74, 6) is -0.529. The molecule has 0 spiro atoms. The van der Waals surface area contributed by atoms with Crippen molar-refractivity contribution in [1.29, 1.82) is 0 Å². The van der Waals surface area contributed by atoms with Gasteiger partial charge in [0, 0.05) is 59.3 Å². The summed E-state index contributed by atoms with van der Waals surface area (Å²) in [4.78, 5) is 42.2. The summed E-state index contributed by atoms with van der Waals surface area (Å²) >= 11 is 12.0. The second-order valence-corrected chi connectivity index (χ2v) is 14.6. The Kier molecular flexibility index (Phi) is 10.00. The van der Waals surface area contributed by atoms with Crippen molar-refractivity contribution in [1.82, 2.24) is 15.1 Å². The first-order valence-electron chi connectivity index (χ1n) is 14.9. The predicted molar refractivity (Wildman–Crippen MR) is 183 cm³/mol. The van der Waals surface area contributed by atoms with E-state index in [0.29, 0.717) is 48.1 Å². The van der Waals surface area contributed by atoms with Crippen molar-refractivity contribution in [2.75, 3.05) is 30.9 Å². The fraction of sp³-hybridized carbons (Fsp3) is 0.265. The second kappa shape index (κ2) is 13.8. The number of ether oxygens (including phenoxy) is 1. The van der Waals surface area contributed by atoms with Gasteiger partial charge in [-0.1, -0.05) is 59.6 Å². The van der Waals surface area contributed by atoms with Gasteiger partial charge in [-0.15, -0.1) is 0 Å². The monoisotopic (exact) mass is 696 g/mol. The molecule has 1 aliphatic heterocycles. The van der Waals surface area contributed by atoms with Gasteiger partial charge in [-0.05, 0) is 74.2 Å². The third kappa shape index (κ3) is 8.34. The van der Waals surface area contributed by atoms with Gasteiger partial charge in [0.2, 0.25) is 0 Å². The minimum atomic E-state index is -4.04. The summed E-state index contributed by atoms with van der Waals surface area (Å²) in [6.45, 7) is 7.10. The SMILES string of the molecule is CC(C)(C)OC(=O)N1CCN(C(=O)c2cccc(CNC(=O)c3cccc4c(NS(=O)(=O)c5cc(Cl)cc(Cl)c5)cccc34)c2)CC1. The lowest BCUT2D eigenvalue weighted by Gasteiger charge is -2.35. The Bertz CT molecular complexity index is 1930. The van der Waals surface area contributed by atoms with E-state index in [2.05, 4.69) is 10.0 Å². The molecular formula is C34H34Cl2N4O6S. The lowest BCUT2D eigenvalue weighted by atomic mass is 10.0. The first kappa shape index (κ1) is 34.0. The highest BCUT2D eigenvalue weighted by Gasteiger charge is 2.28. The molecular weight excluding hydrogens is 663 g/mol. The molecule has 0 bridgehead atoms. The predicted octanol–water partition coefficient (Wildman–Crippen LogP) is 6.57. The van der Waals surface area contributed by atoms with Crippen LogP contribution in [0.1, 0.15) is 47.1 Å². The van der Waals surface area contributed by atoms with E-state index in [1.807, 2.05) is 26.8 Å². The summed E-state index contributed by atoms with van der Waals surface area (Å²) in [6, 6.07) is 21.1. The molecule has 1 saturated heterocycles. The molecule has 2 N–H and O–H groups in total. The number of carbonyl (C=O) groups is 3. The van der Waals surface area contributed by atoms with E-state index in [9.17, 15) is 22.8 Å². The Hall–Kier alpha value is -4.32. The number of hydrogen-bond acceptors (Lipinski definition) is 6. The van der Waals surface area contributed by atoms with Gasteiger partial charge in [-0.25, -0.2) is 13.2 Å². The van der Waals surface area contributed by atoms with Crippen molar-refractivity contribution in [2.45, 2.75) is 37.8 Å². The summed E-state index contributed by atoms with van der Waals surface area (Å²) in [7, 11) is -4.04. The normalized spacial score (nSPS) is 13.7. The van der Waals surface area contributed by atoms with Gasteiger partial charge in [0.15, 0.2) is 0 Å². The molecule has 1 aliphatic rings. The minimum Gasteiger partial charge on any atom is -0.444 e. The lowest BCUT2D eigenvalue weighted by molar-refractivity contribution is 0.0141. The van der Waals surface area contributed by atoms with Gasteiger partial charge in [0.1, 0.15) is 5.60 Å². The van der Waals surface area contributed by atoms with E-state index < -0.39 is 21.7 Å². The van der Waals surface area contributed by atoms with E-state index >= 15 is 0 Å². The topological polar surface area (TPSA) is 125 Å². The Morgan fingerprint density at radius 3 is 2.11 bits per heavy atom. The molecule has 10 nitrogen and oxygen atoms in total. The van der Waals surface area contributed by atoms with Gasteiger partial charge in [-0.2, -0.15) is 0 Å². The maximum absolute atomic E-state index is 13.4. The number of amides is 3. The highest BCUT2D eigenvalue weighted by molar-refractivity contribution is 7.92. The van der Waals surface area contributed by atoms with Crippen LogP contribution >= 0.6 is 23.2 Å². The van der Waals surface area contributed by atoms with Crippen LogP contribution < -0.4 is 10.0 Å². The second-order valence-electron chi connectivity index (χ2n) is 12.1. The standard InChI is InChI=1S/C34H34Cl2N4O6S/c1-34(2,3)46-33(43)40-15-13-39(14-16-40)32(42)23-8-4-7-22(17-23)21-37-31(41)29-11-5-10-28-27(29)9-6-12-30(28)38-47(44,45)26-19-24(35)18-25(36)20-26/h4-12,17-20,38H,13-16,21H2,1-3H3,(H,37,41). The van der Waals surface area contributed by atoms with Crippen LogP contribution in [0.25, 0.3) is 10.8 Å². The number of rotatable bonds is 7. The zero-order valence-electron chi connectivity index (χ0n) is 26.0. The van der Waals surface area contributed by atoms with Crippen molar-refractivity contribution in [3.8, 4) is 0 Å². The van der Waals surface area contributed by atoms with Crippen LogP contribution in [0.2, 0.25) is 10.0 Å². The summed E-state index contributed by atoms with van der Waals surface area (Å²) in [5.41, 5.74) is 1.25. The Labute approximate surface area is 283 Å². The Balaban J connectivity index is 1.25. The molecule has 47 heavy (non-hydrogen) atoms. The molecule has 4 aromatic rings. The van der Waals surface area contributed by atoms with Crippen molar-refractivity contribution >= 4 is 67.6 Å². The van der Waals surface area contributed by atoms with Crippen molar-refractivity contribution in [3.05, 3.63) is 106 Å². The van der Waals surface area contributed by atoms with Crippen molar-refractivity contribution in [3.63, 3.8) is 0 Å². The van der Waals surface area contributed by atoms with E-state index in [-0.39, 0.29) is 39.0 Å². The van der Waals surface area contributed by atoms with Crippen LogP contribution in [0.4, 0.5) is 10.5 Å². The zero-order chi connectivity index (χ0) is 33.9. The highest BCUT2D eigenvalue weighted by atomic mass is 35.5. The number of sulfonamides is 1. The molecule has 3 amide bonds. The largest absolute Gasteiger partial charge is 0.444 e. The number of nitrogens with one attached hydrogen (secondary N) is 2. The molecule has 4 aromatic carbocycles. The number of halogens is 2. The average Bonchev–Trinajstić information content (AvgIpc) is 3.02. The fourth-order valence-corrected chi connectivity index (χ4v) is 6.98. The van der Waals surface area contributed by atoms with E-state index in [4.69, 9.17) is 27.9 Å². The first-order valence-corrected chi connectivity index (χ1v) is 17.1. The fourth-order valence-electron chi connectivity index (χ4n) is 5.18. The molecule has 0 aliphatic carbocycles. The first-order chi connectivity index (χ1) is 22.2. The molecule has 0 unspecified atom stereocenters. The van der Waals surface area contributed by atoms with Gasteiger partial charge in [0.05, 0.1) is 10.6 Å². The molecule has 1 fully saturated rings. The number of nitrogens with zero attached hydrogens (tertiary/aromatic N) is 2. The molecule has 0 aromatic heterocycles. The molecule has 0 atom stereocenters. The van der Waals surface area contributed by atoms with Crippen LogP contribution in [0.15, 0.2) is 83.8 Å². The summed E-state index contributed by atoms with van der Waals surface area (Å²) in [6.07, 6.45) is -0.394. The van der Waals surface area contributed by atoms with E-state index in [1.54, 1.807) is 64.4 Å². The van der Waals surface area contributed by atoms with Gasteiger partial charge < -0.3 is 19.9 Å². The minimum absolute atomic E-state index is 0.0929.